The third-order valence-electron chi connectivity index (χ3n) is 3.95. The molecule has 4 aromatic rings. The maximum absolute atomic E-state index is 12.6. The van der Waals surface area contributed by atoms with Crippen LogP contribution in [0, 0.1) is 11.3 Å². The van der Waals surface area contributed by atoms with E-state index in [4.69, 9.17) is 0 Å². The van der Waals surface area contributed by atoms with E-state index >= 15 is 0 Å². The Bertz CT molecular complexity index is 1180. The number of nitrogens with one attached hydrogen (secondary N) is 1. The summed E-state index contributed by atoms with van der Waals surface area (Å²) >= 11 is 3.10. The number of thiophene rings is 1. The van der Waals surface area contributed by atoms with Crippen molar-refractivity contribution in [2.45, 2.75) is 0 Å². The number of fused-ring (bicyclic) bond motifs is 1. The van der Waals surface area contributed by atoms with Gasteiger partial charge < -0.3 is 5.32 Å². The van der Waals surface area contributed by atoms with Crippen molar-refractivity contribution in [1.82, 2.24) is 4.98 Å². The van der Waals surface area contributed by atoms with Crippen molar-refractivity contribution < 1.29 is 4.79 Å². The van der Waals surface area contributed by atoms with Gasteiger partial charge in [0.15, 0.2) is 0 Å². The monoisotopic (exact) mass is 387 g/mol. The Morgan fingerprint density at radius 1 is 1.07 bits per heavy atom. The van der Waals surface area contributed by atoms with Gasteiger partial charge in [0.2, 0.25) is 0 Å². The summed E-state index contributed by atoms with van der Waals surface area (Å²) in [5.74, 6) is -0.445. The van der Waals surface area contributed by atoms with Crippen LogP contribution in [0.4, 0.5) is 5.69 Å². The number of hydrogen-bond acceptors (Lipinski definition) is 5. The maximum atomic E-state index is 12.6. The highest BCUT2D eigenvalue weighted by Crippen LogP contribution is 2.28. The number of amides is 1. The van der Waals surface area contributed by atoms with E-state index in [2.05, 4.69) is 10.3 Å². The van der Waals surface area contributed by atoms with Crippen LogP contribution in [0.1, 0.15) is 5.69 Å². The minimum atomic E-state index is -0.445. The first-order valence-electron chi connectivity index (χ1n) is 8.15. The second-order valence-electron chi connectivity index (χ2n) is 5.71. The molecule has 0 aliphatic carbocycles. The van der Waals surface area contributed by atoms with Gasteiger partial charge in [0.1, 0.15) is 16.6 Å². The number of carbonyl (C=O) groups excluding carboxylic acids is 1. The van der Waals surface area contributed by atoms with Crippen LogP contribution in [0.3, 0.4) is 0 Å². The molecule has 2 aromatic heterocycles. The summed E-state index contributed by atoms with van der Waals surface area (Å²) in [4.78, 5) is 18.2. The van der Waals surface area contributed by atoms with Gasteiger partial charge >= 0.3 is 0 Å². The first-order valence-corrected chi connectivity index (χ1v) is 9.91. The number of hydrogen-bond donors (Lipinski definition) is 1. The predicted molar refractivity (Wildman–Crippen MR) is 112 cm³/mol. The lowest BCUT2D eigenvalue weighted by Crippen LogP contribution is -2.13. The summed E-state index contributed by atoms with van der Waals surface area (Å²) in [6.45, 7) is 0. The van der Waals surface area contributed by atoms with E-state index in [1.807, 2.05) is 71.4 Å². The molecule has 0 bridgehead atoms. The molecule has 0 saturated heterocycles. The number of carbonyl (C=O) groups is 1. The van der Waals surface area contributed by atoms with Gasteiger partial charge in [0.05, 0.1) is 10.6 Å². The molecule has 0 aliphatic rings. The Morgan fingerprint density at radius 2 is 1.93 bits per heavy atom. The normalized spacial score (nSPS) is 11.3. The molecule has 4 rings (SSSR count). The second-order valence-corrected chi connectivity index (χ2v) is 7.51. The number of nitrogens with zero attached hydrogens (tertiary/aromatic N) is 2. The Morgan fingerprint density at radius 3 is 2.74 bits per heavy atom. The molecule has 1 N–H and O–H groups in total. The zero-order valence-electron chi connectivity index (χ0n) is 14.0. The maximum Gasteiger partial charge on any atom is 0.266 e. The number of aromatic nitrogens is 1. The molecule has 0 fully saturated rings. The molecular formula is C21H13N3OS2. The lowest BCUT2D eigenvalue weighted by molar-refractivity contribution is -0.112. The van der Waals surface area contributed by atoms with Crippen LogP contribution in [-0.2, 0) is 4.79 Å². The predicted octanol–water partition coefficient (Wildman–Crippen LogP) is 5.57. The zero-order valence-corrected chi connectivity index (χ0v) is 15.7. The quantitative estimate of drug-likeness (QED) is 0.368. The van der Waals surface area contributed by atoms with Gasteiger partial charge in [-0.05, 0) is 29.0 Å². The van der Waals surface area contributed by atoms with Crippen molar-refractivity contribution in [2.75, 3.05) is 5.32 Å². The fourth-order valence-corrected chi connectivity index (χ4v) is 4.28. The van der Waals surface area contributed by atoms with Gasteiger partial charge in [-0.15, -0.1) is 22.7 Å². The highest BCUT2D eigenvalue weighted by molar-refractivity contribution is 7.20. The van der Waals surface area contributed by atoms with Crippen molar-refractivity contribution >= 4 is 51.1 Å². The van der Waals surface area contributed by atoms with Crippen molar-refractivity contribution in [3.63, 3.8) is 0 Å². The van der Waals surface area contributed by atoms with Gasteiger partial charge in [0.25, 0.3) is 5.91 Å². The molecule has 6 heteroatoms. The van der Waals surface area contributed by atoms with Gasteiger partial charge in [-0.2, -0.15) is 5.26 Å². The van der Waals surface area contributed by atoms with E-state index < -0.39 is 5.91 Å². The van der Waals surface area contributed by atoms with Crippen molar-refractivity contribution in [2.24, 2.45) is 0 Å². The zero-order chi connectivity index (χ0) is 18.6. The molecule has 0 radical (unpaired) electrons. The van der Waals surface area contributed by atoms with Crippen LogP contribution in [0.15, 0.2) is 70.9 Å². The molecule has 0 spiro atoms. The van der Waals surface area contributed by atoms with E-state index in [0.717, 1.165) is 20.7 Å². The number of nitriles is 1. The number of thiazole rings is 1. The van der Waals surface area contributed by atoms with Crippen LogP contribution in [0.25, 0.3) is 26.7 Å². The van der Waals surface area contributed by atoms with Crippen LogP contribution in [-0.4, -0.2) is 10.9 Å². The van der Waals surface area contributed by atoms with Gasteiger partial charge in [0, 0.05) is 16.5 Å². The molecule has 2 aromatic carbocycles. The summed E-state index contributed by atoms with van der Waals surface area (Å²) < 4.78 is 0. The molecule has 0 aliphatic heterocycles. The van der Waals surface area contributed by atoms with Gasteiger partial charge in [-0.25, -0.2) is 4.98 Å². The third-order valence-corrected chi connectivity index (χ3v) is 5.85. The molecule has 2 heterocycles. The van der Waals surface area contributed by atoms with Crippen molar-refractivity contribution in [1.29, 1.82) is 5.26 Å². The lowest BCUT2D eigenvalue weighted by atomic mass is 10.1. The summed E-state index contributed by atoms with van der Waals surface area (Å²) in [5.41, 5.74) is 1.30. The minimum Gasteiger partial charge on any atom is -0.321 e. The van der Waals surface area contributed by atoms with Gasteiger partial charge in [-0.1, -0.05) is 42.5 Å². The number of rotatable bonds is 4. The Labute approximate surface area is 164 Å². The molecule has 27 heavy (non-hydrogen) atoms. The Hall–Kier alpha value is -3.27. The topological polar surface area (TPSA) is 65.8 Å². The molecule has 130 valence electrons. The van der Waals surface area contributed by atoms with Crippen molar-refractivity contribution in [3.05, 3.63) is 76.6 Å². The fraction of sp³-hybridized carbons (Fsp3) is 0. The molecule has 1 amide bonds. The number of anilines is 1. The Kier molecular flexibility index (Phi) is 4.79. The molecule has 0 saturated carbocycles. The summed E-state index contributed by atoms with van der Waals surface area (Å²) in [6.07, 6.45) is 1.52. The van der Waals surface area contributed by atoms with Gasteiger partial charge in [-0.3, -0.25) is 4.79 Å². The standard InChI is InChI=1S/C21H13N3OS2/c22-12-15(11-16-13-27-21(23-16)19-9-4-10-26-19)20(25)24-18-8-3-6-14-5-1-2-7-17(14)18/h1-11,13H,(H,24,25). The van der Waals surface area contributed by atoms with E-state index in [0.29, 0.717) is 11.4 Å². The smallest absolute Gasteiger partial charge is 0.266 e. The first kappa shape index (κ1) is 17.2. The summed E-state index contributed by atoms with van der Waals surface area (Å²) in [7, 11) is 0. The van der Waals surface area contributed by atoms with Crippen LogP contribution in [0.5, 0.6) is 0 Å². The summed E-state index contributed by atoms with van der Waals surface area (Å²) in [6, 6.07) is 19.4. The van der Waals surface area contributed by atoms with E-state index in [9.17, 15) is 10.1 Å². The van der Waals surface area contributed by atoms with Crippen LogP contribution >= 0.6 is 22.7 Å². The largest absolute Gasteiger partial charge is 0.321 e. The van der Waals surface area contributed by atoms with E-state index in [1.54, 1.807) is 11.3 Å². The first-order chi connectivity index (χ1) is 13.2. The highest BCUT2D eigenvalue weighted by Gasteiger charge is 2.13. The Balaban J connectivity index is 1.60. The molecular weight excluding hydrogens is 374 g/mol. The van der Waals surface area contributed by atoms with E-state index in [-0.39, 0.29) is 5.57 Å². The summed E-state index contributed by atoms with van der Waals surface area (Å²) in [5, 5.41) is 18.9. The highest BCUT2D eigenvalue weighted by atomic mass is 32.1. The average Bonchev–Trinajstić information content (AvgIpc) is 3.38. The van der Waals surface area contributed by atoms with Crippen LogP contribution in [0.2, 0.25) is 0 Å². The lowest BCUT2D eigenvalue weighted by Gasteiger charge is -2.08. The molecule has 0 atom stereocenters. The average molecular weight is 387 g/mol. The molecule has 4 nitrogen and oxygen atoms in total. The molecule has 0 unspecified atom stereocenters. The SMILES string of the molecule is N#CC(=Cc1csc(-c2cccs2)n1)C(=O)Nc1cccc2ccccc12. The second kappa shape index (κ2) is 7.54. The third kappa shape index (κ3) is 3.65. The minimum absolute atomic E-state index is 0.0194. The van der Waals surface area contributed by atoms with E-state index in [1.165, 1.54) is 17.4 Å². The van der Waals surface area contributed by atoms with Crippen molar-refractivity contribution in [3.8, 4) is 16.0 Å². The van der Waals surface area contributed by atoms with Crippen LogP contribution < -0.4 is 5.32 Å². The number of benzene rings is 2. The fourth-order valence-electron chi connectivity index (χ4n) is 2.69.